The van der Waals surface area contributed by atoms with E-state index in [2.05, 4.69) is 15.4 Å². The van der Waals surface area contributed by atoms with Crippen molar-refractivity contribution in [1.29, 1.82) is 0 Å². The van der Waals surface area contributed by atoms with Crippen LogP contribution in [0, 0.1) is 19.8 Å². The summed E-state index contributed by atoms with van der Waals surface area (Å²) in [6, 6.07) is 10.00. The van der Waals surface area contributed by atoms with Crippen LogP contribution in [0.25, 0.3) is 0 Å². The molecule has 3 atom stereocenters. The van der Waals surface area contributed by atoms with Crippen LogP contribution in [0.15, 0.2) is 34.9 Å². The lowest BCUT2D eigenvalue weighted by molar-refractivity contribution is -0.128. The summed E-state index contributed by atoms with van der Waals surface area (Å²) >= 11 is 0. The molecular weight excluding hydrogens is 330 g/mol. The molecule has 0 saturated carbocycles. The molecule has 4 rings (SSSR count). The molecule has 6 heteroatoms. The van der Waals surface area contributed by atoms with Gasteiger partial charge in [0.15, 0.2) is 0 Å². The first-order chi connectivity index (χ1) is 12.6. The minimum atomic E-state index is -0.0709. The molecule has 3 unspecified atom stereocenters. The van der Waals surface area contributed by atoms with Gasteiger partial charge in [-0.25, -0.2) is 0 Å². The maximum Gasteiger partial charge on any atom is 0.226 e. The van der Waals surface area contributed by atoms with Crippen molar-refractivity contribution in [2.75, 3.05) is 13.1 Å². The molecule has 2 fully saturated rings. The van der Waals surface area contributed by atoms with Crippen molar-refractivity contribution in [2.24, 2.45) is 5.92 Å². The summed E-state index contributed by atoms with van der Waals surface area (Å²) in [5.41, 5.74) is 3.21. The van der Waals surface area contributed by atoms with E-state index in [1.54, 1.807) is 0 Å². The Bertz CT molecular complexity index is 754. The highest BCUT2D eigenvalue weighted by atomic mass is 16.5. The highest BCUT2D eigenvalue weighted by molar-refractivity contribution is 5.79. The number of nitrogens with one attached hydrogen (secondary N) is 1. The third kappa shape index (κ3) is 3.52. The Morgan fingerprint density at radius 1 is 1.27 bits per heavy atom. The Morgan fingerprint density at radius 2 is 2.08 bits per heavy atom. The van der Waals surface area contributed by atoms with Gasteiger partial charge in [-0.05, 0) is 25.8 Å². The molecule has 0 radical (unpaired) electrons. The Morgan fingerprint density at radius 3 is 2.81 bits per heavy atom. The number of amides is 1. The number of carbonyl (C=O) groups excluding carboxylic acids is 1. The van der Waals surface area contributed by atoms with Gasteiger partial charge in [-0.3, -0.25) is 9.69 Å². The molecule has 1 N–H and O–H groups in total. The number of aryl methyl sites for hydroxylation is 2. The van der Waals surface area contributed by atoms with Crippen LogP contribution >= 0.6 is 0 Å². The number of aromatic nitrogens is 1. The highest BCUT2D eigenvalue weighted by Gasteiger charge is 2.44. The fourth-order valence-corrected chi connectivity index (χ4v) is 4.01. The van der Waals surface area contributed by atoms with Gasteiger partial charge in [-0.1, -0.05) is 35.5 Å². The number of rotatable bonds is 5. The second kappa shape index (κ2) is 7.21. The van der Waals surface area contributed by atoms with Crippen LogP contribution in [0.4, 0.5) is 0 Å². The van der Waals surface area contributed by atoms with E-state index in [0.29, 0.717) is 6.54 Å². The number of hydrogen-bond donors (Lipinski definition) is 1. The molecule has 0 spiro atoms. The third-order valence-corrected chi connectivity index (χ3v) is 5.44. The summed E-state index contributed by atoms with van der Waals surface area (Å²) in [5, 5.41) is 7.10. The zero-order valence-corrected chi connectivity index (χ0v) is 15.3. The van der Waals surface area contributed by atoms with E-state index < -0.39 is 0 Å². The van der Waals surface area contributed by atoms with Crippen molar-refractivity contribution in [2.45, 2.75) is 45.6 Å². The summed E-state index contributed by atoms with van der Waals surface area (Å²) in [6.45, 7) is 6.91. The molecule has 2 saturated heterocycles. The van der Waals surface area contributed by atoms with Gasteiger partial charge in [-0.15, -0.1) is 0 Å². The lowest BCUT2D eigenvalue weighted by Gasteiger charge is -2.32. The quantitative estimate of drug-likeness (QED) is 0.891. The van der Waals surface area contributed by atoms with Gasteiger partial charge in [-0.2, -0.15) is 0 Å². The molecule has 26 heavy (non-hydrogen) atoms. The van der Waals surface area contributed by atoms with Crippen molar-refractivity contribution >= 4 is 5.91 Å². The topological polar surface area (TPSA) is 67.6 Å². The van der Waals surface area contributed by atoms with E-state index in [9.17, 15) is 4.79 Å². The number of morpholine rings is 1. The van der Waals surface area contributed by atoms with Gasteiger partial charge >= 0.3 is 0 Å². The number of fused-ring (bicyclic) bond motifs is 2. The van der Waals surface area contributed by atoms with E-state index in [1.807, 2.05) is 44.2 Å². The van der Waals surface area contributed by atoms with Gasteiger partial charge in [0.1, 0.15) is 5.76 Å². The average Bonchev–Trinajstić information content (AvgIpc) is 3.13. The van der Waals surface area contributed by atoms with Gasteiger partial charge in [0.25, 0.3) is 0 Å². The Balaban J connectivity index is 1.35. The lowest BCUT2D eigenvalue weighted by Crippen LogP contribution is -2.45. The molecular formula is C20H25N3O3. The fourth-order valence-electron chi connectivity index (χ4n) is 4.01. The van der Waals surface area contributed by atoms with Crippen molar-refractivity contribution in [3.63, 3.8) is 0 Å². The fraction of sp³-hybridized carbons (Fsp3) is 0.500. The lowest BCUT2D eigenvalue weighted by atomic mass is 9.99. The summed E-state index contributed by atoms with van der Waals surface area (Å²) < 4.78 is 11.3. The van der Waals surface area contributed by atoms with E-state index in [4.69, 9.17) is 9.26 Å². The second-order valence-electron chi connectivity index (χ2n) is 7.34. The van der Waals surface area contributed by atoms with Crippen molar-refractivity contribution < 1.29 is 14.1 Å². The van der Waals surface area contributed by atoms with Gasteiger partial charge in [0, 0.05) is 31.7 Å². The van der Waals surface area contributed by atoms with Crippen molar-refractivity contribution in [3.8, 4) is 0 Å². The highest BCUT2D eigenvalue weighted by Crippen LogP contribution is 2.33. The summed E-state index contributed by atoms with van der Waals surface area (Å²) in [5.74, 6) is 0.900. The van der Waals surface area contributed by atoms with Crippen LogP contribution in [0.1, 0.15) is 29.0 Å². The normalized spacial score (nSPS) is 25.4. The predicted octanol–water partition coefficient (Wildman–Crippen LogP) is 2.20. The standard InChI is InChI=1S/C20H25N3O3/c1-13-18(14(2)26-22-13)11-23-10-16-8-17(19(12-23)25-16)20(24)21-9-15-6-4-3-5-7-15/h3-7,16-17,19H,8-12H2,1-2H3,(H,21,24). The third-order valence-electron chi connectivity index (χ3n) is 5.44. The maximum atomic E-state index is 12.7. The van der Waals surface area contributed by atoms with Crippen LogP contribution in [-0.4, -0.2) is 41.3 Å². The van der Waals surface area contributed by atoms with Gasteiger partial charge in [0.2, 0.25) is 5.91 Å². The number of likely N-dealkylation sites (tertiary alicyclic amines) is 1. The van der Waals surface area contributed by atoms with Crippen LogP contribution < -0.4 is 5.32 Å². The molecule has 1 aromatic heterocycles. The summed E-state index contributed by atoms with van der Waals surface area (Å²) in [6.07, 6.45) is 0.885. The van der Waals surface area contributed by atoms with Crippen LogP contribution in [0.3, 0.4) is 0 Å². The van der Waals surface area contributed by atoms with Gasteiger partial charge < -0.3 is 14.6 Å². The van der Waals surface area contributed by atoms with Gasteiger partial charge in [0.05, 0.1) is 23.8 Å². The molecule has 1 amide bonds. The zero-order valence-electron chi connectivity index (χ0n) is 15.3. The maximum absolute atomic E-state index is 12.7. The van der Waals surface area contributed by atoms with Crippen LogP contribution in [0.2, 0.25) is 0 Å². The number of nitrogens with zero attached hydrogens (tertiary/aromatic N) is 2. The second-order valence-corrected chi connectivity index (χ2v) is 7.34. The molecule has 2 aromatic rings. The molecule has 0 aliphatic carbocycles. The number of ether oxygens (including phenoxy) is 1. The Hall–Kier alpha value is -2.18. The first kappa shape index (κ1) is 17.2. The number of carbonyl (C=O) groups is 1. The molecule has 138 valence electrons. The van der Waals surface area contributed by atoms with E-state index in [0.717, 1.165) is 48.6 Å². The molecule has 1 aromatic carbocycles. The smallest absolute Gasteiger partial charge is 0.226 e. The summed E-state index contributed by atoms with van der Waals surface area (Å²) in [7, 11) is 0. The van der Waals surface area contributed by atoms with Crippen LogP contribution in [0.5, 0.6) is 0 Å². The van der Waals surface area contributed by atoms with E-state index in [-0.39, 0.29) is 24.0 Å². The average molecular weight is 355 g/mol. The van der Waals surface area contributed by atoms with E-state index in [1.165, 1.54) is 0 Å². The van der Waals surface area contributed by atoms with Crippen LogP contribution in [-0.2, 0) is 22.6 Å². The molecule has 2 aliphatic heterocycles. The van der Waals surface area contributed by atoms with Crippen molar-refractivity contribution in [3.05, 3.63) is 52.9 Å². The van der Waals surface area contributed by atoms with Crippen molar-refractivity contribution in [1.82, 2.24) is 15.4 Å². The minimum Gasteiger partial charge on any atom is -0.371 e. The molecule has 2 aliphatic rings. The largest absolute Gasteiger partial charge is 0.371 e. The number of benzene rings is 1. The predicted molar refractivity (Wildman–Crippen MR) is 96.3 cm³/mol. The van der Waals surface area contributed by atoms with E-state index >= 15 is 0 Å². The molecule has 2 bridgehead atoms. The molecule has 3 heterocycles. The first-order valence-corrected chi connectivity index (χ1v) is 9.21. The number of hydrogen-bond acceptors (Lipinski definition) is 5. The molecule has 6 nitrogen and oxygen atoms in total. The Kier molecular flexibility index (Phi) is 4.78. The minimum absolute atomic E-state index is 0.0370. The monoisotopic (exact) mass is 355 g/mol. The Labute approximate surface area is 153 Å². The zero-order chi connectivity index (χ0) is 18.1. The summed E-state index contributed by atoms with van der Waals surface area (Å²) in [4.78, 5) is 15.0. The first-order valence-electron chi connectivity index (χ1n) is 9.21. The SMILES string of the molecule is Cc1noc(C)c1CN1CC2CC(C(=O)NCc3ccccc3)C(C1)O2.